The molecule has 0 atom stereocenters. The maximum Gasteiger partial charge on any atom is 0.228 e. The molecular formula is C12H12BrClN6S. The smallest absolute Gasteiger partial charge is 0.228 e. The Morgan fingerprint density at radius 3 is 2.90 bits per heavy atom. The Balaban J connectivity index is 0.00000161. The summed E-state index contributed by atoms with van der Waals surface area (Å²) in [5, 5.41) is 8.23. The molecule has 0 spiro atoms. The number of halogens is 2. The molecule has 9 heteroatoms. The fraction of sp³-hybridized carbons (Fsp3) is 0.167. The molecule has 0 saturated carbocycles. The zero-order valence-electron chi connectivity index (χ0n) is 11.0. The summed E-state index contributed by atoms with van der Waals surface area (Å²) in [6.45, 7) is 0.630. The predicted molar refractivity (Wildman–Crippen MR) is 89.1 cm³/mol. The number of pyridine rings is 1. The van der Waals surface area contributed by atoms with E-state index in [-0.39, 0.29) is 12.4 Å². The minimum atomic E-state index is 0. The predicted octanol–water partition coefficient (Wildman–Crippen LogP) is 3.04. The summed E-state index contributed by atoms with van der Waals surface area (Å²) in [5.41, 5.74) is 1.83. The molecule has 6 nitrogen and oxygen atoms in total. The summed E-state index contributed by atoms with van der Waals surface area (Å²) in [6.07, 6.45) is 7.23. The Morgan fingerprint density at radius 1 is 1.33 bits per heavy atom. The number of anilines is 1. The van der Waals surface area contributed by atoms with Crippen molar-refractivity contribution in [2.45, 2.75) is 11.7 Å². The fourth-order valence-corrected chi connectivity index (χ4v) is 2.42. The summed E-state index contributed by atoms with van der Waals surface area (Å²) in [5.74, 6) is 0.661. The Kier molecular flexibility index (Phi) is 5.38. The second kappa shape index (κ2) is 7.06. The highest BCUT2D eigenvalue weighted by molar-refractivity contribution is 9.10. The zero-order chi connectivity index (χ0) is 13.9. The molecular weight excluding hydrogens is 376 g/mol. The minimum absolute atomic E-state index is 0. The van der Waals surface area contributed by atoms with E-state index in [0.717, 1.165) is 15.7 Å². The van der Waals surface area contributed by atoms with E-state index in [1.54, 1.807) is 16.9 Å². The van der Waals surface area contributed by atoms with Gasteiger partial charge in [0.25, 0.3) is 0 Å². The molecule has 3 aromatic rings. The first-order valence-corrected chi connectivity index (χ1v) is 7.88. The molecule has 0 aliphatic heterocycles. The van der Waals surface area contributed by atoms with Crippen molar-refractivity contribution in [3.05, 3.63) is 40.8 Å². The van der Waals surface area contributed by atoms with E-state index in [9.17, 15) is 0 Å². The van der Waals surface area contributed by atoms with Crippen molar-refractivity contribution in [1.82, 2.24) is 24.6 Å². The summed E-state index contributed by atoms with van der Waals surface area (Å²) >= 11 is 4.93. The highest BCUT2D eigenvalue weighted by Crippen LogP contribution is 2.21. The van der Waals surface area contributed by atoms with Crippen molar-refractivity contribution in [3.8, 4) is 0 Å². The molecule has 0 bridgehead atoms. The van der Waals surface area contributed by atoms with Gasteiger partial charge in [-0.3, -0.25) is 4.98 Å². The van der Waals surface area contributed by atoms with Crippen LogP contribution in [0.15, 0.2) is 40.4 Å². The van der Waals surface area contributed by atoms with Crippen LogP contribution in [0.1, 0.15) is 5.56 Å². The van der Waals surface area contributed by atoms with Gasteiger partial charge in [-0.15, -0.1) is 12.4 Å². The van der Waals surface area contributed by atoms with Gasteiger partial charge >= 0.3 is 0 Å². The van der Waals surface area contributed by atoms with Crippen molar-refractivity contribution in [2.24, 2.45) is 0 Å². The van der Waals surface area contributed by atoms with Crippen molar-refractivity contribution < 1.29 is 0 Å². The monoisotopic (exact) mass is 386 g/mol. The first-order chi connectivity index (χ1) is 9.78. The first kappa shape index (κ1) is 16.0. The maximum absolute atomic E-state index is 4.45. The van der Waals surface area contributed by atoms with Gasteiger partial charge in [-0.05, 0) is 33.8 Å². The van der Waals surface area contributed by atoms with Gasteiger partial charge in [0, 0.05) is 18.9 Å². The number of hydrogen-bond donors (Lipinski definition) is 1. The van der Waals surface area contributed by atoms with Crippen molar-refractivity contribution in [3.63, 3.8) is 0 Å². The number of nitrogens with one attached hydrogen (secondary N) is 1. The number of fused-ring (bicyclic) bond motifs is 1. The molecule has 0 saturated heterocycles. The van der Waals surface area contributed by atoms with E-state index in [0.29, 0.717) is 17.6 Å². The van der Waals surface area contributed by atoms with Gasteiger partial charge in [0.2, 0.25) is 5.95 Å². The van der Waals surface area contributed by atoms with Crippen LogP contribution < -0.4 is 5.32 Å². The molecule has 0 radical (unpaired) electrons. The van der Waals surface area contributed by atoms with E-state index in [2.05, 4.69) is 41.3 Å². The van der Waals surface area contributed by atoms with Gasteiger partial charge in [0.05, 0.1) is 10.7 Å². The largest absolute Gasteiger partial charge is 0.350 e. The number of nitrogens with zero attached hydrogens (tertiary/aromatic N) is 5. The molecule has 3 heterocycles. The Labute approximate surface area is 140 Å². The zero-order valence-corrected chi connectivity index (χ0v) is 14.2. The van der Waals surface area contributed by atoms with E-state index in [4.69, 9.17) is 0 Å². The second-order valence-electron chi connectivity index (χ2n) is 3.98. The molecule has 21 heavy (non-hydrogen) atoms. The minimum Gasteiger partial charge on any atom is -0.350 e. The van der Waals surface area contributed by atoms with Gasteiger partial charge in [-0.2, -0.15) is 14.6 Å². The lowest BCUT2D eigenvalue weighted by atomic mass is 10.3. The summed E-state index contributed by atoms with van der Waals surface area (Å²) in [7, 11) is 0. The van der Waals surface area contributed by atoms with Crippen molar-refractivity contribution in [2.75, 3.05) is 11.6 Å². The van der Waals surface area contributed by atoms with Crippen molar-refractivity contribution >= 4 is 51.7 Å². The third-order valence-corrected chi connectivity index (χ3v) is 3.77. The van der Waals surface area contributed by atoms with Crippen LogP contribution in [0.5, 0.6) is 0 Å². The Bertz CT molecular complexity index is 735. The molecule has 1 N–H and O–H groups in total. The van der Waals surface area contributed by atoms with Crippen LogP contribution in [0.4, 0.5) is 5.95 Å². The fourth-order valence-electron chi connectivity index (χ4n) is 1.72. The summed E-state index contributed by atoms with van der Waals surface area (Å²) < 4.78 is 2.53. The van der Waals surface area contributed by atoms with Crippen LogP contribution >= 0.6 is 40.1 Å². The molecule has 0 unspecified atom stereocenters. The molecule has 0 aromatic carbocycles. The third-order valence-electron chi connectivity index (χ3n) is 2.66. The van der Waals surface area contributed by atoms with Gasteiger partial charge in [-0.25, -0.2) is 4.98 Å². The van der Waals surface area contributed by atoms with Gasteiger partial charge in [0.1, 0.15) is 0 Å². The summed E-state index contributed by atoms with van der Waals surface area (Å²) in [6, 6.07) is 3.91. The van der Waals surface area contributed by atoms with Crippen LogP contribution in [0.25, 0.3) is 5.65 Å². The molecule has 110 valence electrons. The molecule has 0 fully saturated rings. The van der Waals surface area contributed by atoms with Crippen LogP contribution in [-0.2, 0) is 6.54 Å². The van der Waals surface area contributed by atoms with E-state index < -0.39 is 0 Å². The van der Waals surface area contributed by atoms with Crippen LogP contribution in [0, 0.1) is 0 Å². The molecule has 0 amide bonds. The van der Waals surface area contributed by atoms with E-state index in [1.165, 1.54) is 11.8 Å². The Morgan fingerprint density at radius 2 is 2.19 bits per heavy atom. The molecule has 3 rings (SSSR count). The third kappa shape index (κ3) is 3.45. The highest BCUT2D eigenvalue weighted by atomic mass is 79.9. The second-order valence-corrected chi connectivity index (χ2v) is 5.60. The average molecular weight is 388 g/mol. The average Bonchev–Trinajstić information content (AvgIpc) is 2.87. The van der Waals surface area contributed by atoms with Crippen molar-refractivity contribution in [1.29, 1.82) is 0 Å². The molecule has 0 aliphatic carbocycles. The van der Waals surface area contributed by atoms with Gasteiger partial charge in [0.15, 0.2) is 10.8 Å². The van der Waals surface area contributed by atoms with E-state index in [1.807, 2.05) is 24.6 Å². The lowest BCUT2D eigenvalue weighted by Gasteiger charge is -2.08. The van der Waals surface area contributed by atoms with E-state index >= 15 is 0 Å². The number of hydrogen-bond acceptors (Lipinski definition) is 6. The maximum atomic E-state index is 4.45. The molecule has 0 aliphatic rings. The number of thioether (sulfide) groups is 1. The lowest BCUT2D eigenvalue weighted by molar-refractivity contribution is 0.830. The topological polar surface area (TPSA) is 68.0 Å². The SMILES string of the molecule is CSc1nc(NCc2cccnc2)n2ncc(Br)c2n1.Cl. The Hall–Kier alpha value is -1.38. The standard InChI is InChI=1S/C12H11BrN6S.ClH/c1-20-12-17-10-9(13)7-16-19(10)11(18-12)15-6-8-3-2-4-14-5-8;/h2-5,7H,6H2,1H3,(H,15,17,18);1H. The summed E-state index contributed by atoms with van der Waals surface area (Å²) in [4.78, 5) is 13.0. The van der Waals surface area contributed by atoms with Gasteiger partial charge in [-0.1, -0.05) is 17.8 Å². The van der Waals surface area contributed by atoms with Crippen LogP contribution in [0.2, 0.25) is 0 Å². The quantitative estimate of drug-likeness (QED) is 0.694. The molecule has 3 aromatic heterocycles. The van der Waals surface area contributed by atoms with Crippen LogP contribution in [0.3, 0.4) is 0 Å². The highest BCUT2D eigenvalue weighted by Gasteiger charge is 2.11. The number of rotatable bonds is 4. The first-order valence-electron chi connectivity index (χ1n) is 5.86. The number of aromatic nitrogens is 5. The lowest BCUT2D eigenvalue weighted by Crippen LogP contribution is -2.09. The normalized spacial score (nSPS) is 10.4. The van der Waals surface area contributed by atoms with Gasteiger partial charge < -0.3 is 5.32 Å². The van der Waals surface area contributed by atoms with Crippen LogP contribution in [-0.4, -0.2) is 30.8 Å².